The van der Waals surface area contributed by atoms with Gasteiger partial charge in [-0.3, -0.25) is 0 Å². The highest BCUT2D eigenvalue weighted by atomic mass is 16.6. The Balaban J connectivity index is 1.78. The maximum atomic E-state index is 11.5. The first-order valence-corrected chi connectivity index (χ1v) is 6.17. The predicted molar refractivity (Wildman–Crippen MR) is 64.3 cm³/mol. The molecule has 1 N–H and O–H groups in total. The lowest BCUT2D eigenvalue weighted by molar-refractivity contribution is 0.0982. The van der Waals surface area contributed by atoms with E-state index in [0.29, 0.717) is 31.6 Å². The molecule has 1 amide bonds. The van der Waals surface area contributed by atoms with Crippen LogP contribution >= 0.6 is 0 Å². The Morgan fingerprint density at radius 1 is 1.50 bits per heavy atom. The number of hydrogen-bond acceptors (Lipinski definition) is 6. The fourth-order valence-electron chi connectivity index (χ4n) is 1.95. The van der Waals surface area contributed by atoms with E-state index in [1.807, 2.05) is 6.92 Å². The second kappa shape index (κ2) is 5.70. The van der Waals surface area contributed by atoms with Gasteiger partial charge in [-0.15, -0.1) is 5.10 Å². The molecule has 2 heterocycles. The molecule has 0 aliphatic carbocycles. The van der Waals surface area contributed by atoms with Crippen molar-refractivity contribution in [2.45, 2.75) is 32.7 Å². The SMILES string of the molecule is CCOC(=O)N1CCC(Nc2nnc(C)o2)CC1. The second-order valence-electron chi connectivity index (χ2n) is 4.23. The number of ether oxygens (including phenoxy) is 1. The number of aromatic nitrogens is 2. The molecule has 7 nitrogen and oxygen atoms in total. The van der Waals surface area contributed by atoms with Crippen molar-refractivity contribution in [3.63, 3.8) is 0 Å². The summed E-state index contributed by atoms with van der Waals surface area (Å²) in [4.78, 5) is 13.2. The van der Waals surface area contributed by atoms with Gasteiger partial charge in [0.2, 0.25) is 5.89 Å². The van der Waals surface area contributed by atoms with Crippen molar-refractivity contribution in [1.29, 1.82) is 0 Å². The zero-order valence-corrected chi connectivity index (χ0v) is 10.7. The van der Waals surface area contributed by atoms with Crippen LogP contribution in [0.15, 0.2) is 4.42 Å². The molecule has 0 saturated carbocycles. The number of anilines is 1. The lowest BCUT2D eigenvalue weighted by Crippen LogP contribution is -2.42. The van der Waals surface area contributed by atoms with Crippen molar-refractivity contribution in [3.8, 4) is 0 Å². The molecule has 1 aromatic rings. The van der Waals surface area contributed by atoms with Gasteiger partial charge in [0.25, 0.3) is 0 Å². The number of piperidine rings is 1. The second-order valence-corrected chi connectivity index (χ2v) is 4.23. The third kappa shape index (κ3) is 3.12. The van der Waals surface area contributed by atoms with Gasteiger partial charge in [0.05, 0.1) is 6.61 Å². The molecule has 1 saturated heterocycles. The van der Waals surface area contributed by atoms with E-state index >= 15 is 0 Å². The minimum Gasteiger partial charge on any atom is -0.450 e. The van der Waals surface area contributed by atoms with E-state index in [2.05, 4.69) is 15.5 Å². The largest absolute Gasteiger partial charge is 0.450 e. The summed E-state index contributed by atoms with van der Waals surface area (Å²) >= 11 is 0. The summed E-state index contributed by atoms with van der Waals surface area (Å²) in [5, 5.41) is 10.8. The van der Waals surface area contributed by atoms with Crippen molar-refractivity contribution in [3.05, 3.63) is 5.89 Å². The summed E-state index contributed by atoms with van der Waals surface area (Å²) in [6, 6.07) is 0.706. The topological polar surface area (TPSA) is 80.5 Å². The standard InChI is InChI=1S/C11H18N4O3/c1-3-17-11(16)15-6-4-9(5-7-15)12-10-14-13-8(2)18-10/h9H,3-7H2,1-2H3,(H,12,14). The Kier molecular flexibility index (Phi) is 4.01. The first-order valence-electron chi connectivity index (χ1n) is 6.17. The average Bonchev–Trinajstić information content (AvgIpc) is 2.76. The van der Waals surface area contributed by atoms with Crippen LogP contribution in [0.25, 0.3) is 0 Å². The van der Waals surface area contributed by atoms with E-state index in [-0.39, 0.29) is 12.1 Å². The summed E-state index contributed by atoms with van der Waals surface area (Å²) in [6.07, 6.45) is 1.46. The Bertz CT molecular complexity index is 399. The van der Waals surface area contributed by atoms with E-state index in [9.17, 15) is 4.79 Å². The Morgan fingerprint density at radius 3 is 2.78 bits per heavy atom. The van der Waals surface area contributed by atoms with E-state index in [0.717, 1.165) is 12.8 Å². The van der Waals surface area contributed by atoms with Crippen molar-refractivity contribution < 1.29 is 13.9 Å². The number of likely N-dealkylation sites (tertiary alicyclic amines) is 1. The molecule has 18 heavy (non-hydrogen) atoms. The number of rotatable bonds is 3. The molecule has 0 unspecified atom stereocenters. The van der Waals surface area contributed by atoms with Crippen LogP contribution in [-0.2, 0) is 4.74 Å². The summed E-state index contributed by atoms with van der Waals surface area (Å²) < 4.78 is 10.2. The van der Waals surface area contributed by atoms with Gasteiger partial charge in [0, 0.05) is 26.1 Å². The Hall–Kier alpha value is -1.79. The van der Waals surface area contributed by atoms with E-state index < -0.39 is 0 Å². The molecule has 1 aliphatic rings. The van der Waals surface area contributed by atoms with Crippen molar-refractivity contribution in [1.82, 2.24) is 15.1 Å². The number of nitrogens with one attached hydrogen (secondary N) is 1. The lowest BCUT2D eigenvalue weighted by atomic mass is 10.1. The first kappa shape index (κ1) is 12.7. The van der Waals surface area contributed by atoms with E-state index in [1.54, 1.807) is 11.8 Å². The van der Waals surface area contributed by atoms with Gasteiger partial charge in [0.1, 0.15) is 0 Å². The number of hydrogen-bond donors (Lipinski definition) is 1. The molecule has 100 valence electrons. The van der Waals surface area contributed by atoms with Crippen molar-refractivity contribution >= 4 is 12.1 Å². The van der Waals surface area contributed by atoms with Crippen LogP contribution in [0, 0.1) is 6.92 Å². The van der Waals surface area contributed by atoms with Gasteiger partial charge in [-0.25, -0.2) is 4.79 Å². The van der Waals surface area contributed by atoms with Gasteiger partial charge in [-0.1, -0.05) is 5.10 Å². The smallest absolute Gasteiger partial charge is 0.409 e. The average molecular weight is 254 g/mol. The van der Waals surface area contributed by atoms with Crippen LogP contribution < -0.4 is 5.32 Å². The number of carbonyl (C=O) groups excluding carboxylic acids is 1. The predicted octanol–water partition coefficient (Wildman–Crippen LogP) is 1.41. The minimum atomic E-state index is -0.232. The van der Waals surface area contributed by atoms with Crippen molar-refractivity contribution in [2.24, 2.45) is 0 Å². The molecule has 0 radical (unpaired) electrons. The number of aryl methyl sites for hydroxylation is 1. The van der Waals surface area contributed by atoms with Crippen LogP contribution in [0.1, 0.15) is 25.7 Å². The van der Waals surface area contributed by atoms with Crippen LogP contribution in [-0.4, -0.2) is 46.9 Å². The van der Waals surface area contributed by atoms with Crippen LogP contribution in [0.2, 0.25) is 0 Å². The van der Waals surface area contributed by atoms with Gasteiger partial charge >= 0.3 is 12.1 Å². The molecule has 7 heteroatoms. The third-order valence-electron chi connectivity index (χ3n) is 2.87. The molecular weight excluding hydrogens is 236 g/mol. The highest BCUT2D eigenvalue weighted by Crippen LogP contribution is 2.16. The monoisotopic (exact) mass is 254 g/mol. The molecule has 0 atom stereocenters. The lowest BCUT2D eigenvalue weighted by Gasteiger charge is -2.31. The first-order chi connectivity index (χ1) is 8.69. The molecule has 1 fully saturated rings. The fraction of sp³-hybridized carbons (Fsp3) is 0.727. The number of amides is 1. The summed E-state index contributed by atoms with van der Waals surface area (Å²) in [5.74, 6) is 0.543. The molecule has 0 spiro atoms. The van der Waals surface area contributed by atoms with Crippen LogP contribution in [0.3, 0.4) is 0 Å². The maximum absolute atomic E-state index is 11.5. The molecule has 1 aromatic heterocycles. The zero-order chi connectivity index (χ0) is 13.0. The normalized spacial score (nSPS) is 16.7. The molecule has 1 aliphatic heterocycles. The van der Waals surface area contributed by atoms with Gasteiger partial charge < -0.3 is 19.4 Å². The summed E-state index contributed by atoms with van der Waals surface area (Å²) in [5.41, 5.74) is 0. The van der Waals surface area contributed by atoms with Gasteiger partial charge in [0.15, 0.2) is 0 Å². The minimum absolute atomic E-state index is 0.232. The highest BCUT2D eigenvalue weighted by molar-refractivity contribution is 5.67. The zero-order valence-electron chi connectivity index (χ0n) is 10.7. The third-order valence-corrected chi connectivity index (χ3v) is 2.87. The Labute approximate surface area is 105 Å². The fourth-order valence-corrected chi connectivity index (χ4v) is 1.95. The summed E-state index contributed by atoms with van der Waals surface area (Å²) in [7, 11) is 0. The Morgan fingerprint density at radius 2 is 2.22 bits per heavy atom. The van der Waals surface area contributed by atoms with Crippen LogP contribution in [0.5, 0.6) is 0 Å². The van der Waals surface area contributed by atoms with E-state index in [1.165, 1.54) is 0 Å². The van der Waals surface area contributed by atoms with Gasteiger partial charge in [-0.05, 0) is 19.8 Å². The summed E-state index contributed by atoms with van der Waals surface area (Å²) in [6.45, 7) is 5.34. The molecule has 0 bridgehead atoms. The molecular formula is C11H18N4O3. The highest BCUT2D eigenvalue weighted by Gasteiger charge is 2.24. The van der Waals surface area contributed by atoms with Gasteiger partial charge in [-0.2, -0.15) is 0 Å². The number of carbonyl (C=O) groups is 1. The van der Waals surface area contributed by atoms with Crippen LogP contribution in [0.4, 0.5) is 10.8 Å². The van der Waals surface area contributed by atoms with Crippen molar-refractivity contribution in [2.75, 3.05) is 25.0 Å². The number of nitrogens with zero attached hydrogens (tertiary/aromatic N) is 3. The molecule has 2 rings (SSSR count). The van der Waals surface area contributed by atoms with E-state index in [4.69, 9.17) is 9.15 Å². The maximum Gasteiger partial charge on any atom is 0.409 e. The molecule has 0 aromatic carbocycles. The quantitative estimate of drug-likeness (QED) is 0.878.